The van der Waals surface area contributed by atoms with Crippen LogP contribution in [-0.2, 0) is 22.7 Å². The van der Waals surface area contributed by atoms with Crippen molar-refractivity contribution in [2.24, 2.45) is 11.3 Å². The zero-order valence-electron chi connectivity index (χ0n) is 27.1. The molecule has 2 heterocycles. The Morgan fingerprint density at radius 2 is 2.02 bits per heavy atom. The molecule has 45 heavy (non-hydrogen) atoms. The molecule has 4 rings (SSSR count). The molecule has 0 bridgehead atoms. The molecule has 2 atom stereocenters. The summed E-state index contributed by atoms with van der Waals surface area (Å²) in [6.45, 7) is 17.8. The van der Waals surface area contributed by atoms with E-state index in [9.17, 15) is 9.35 Å². The standard InChI is InChI=1S/C35H45N5O3S2/c1-8-11-14-26(9-2)38-34(41)35(6,7)32(27-17-18-28(40(37)10-3)33(36)23(27)4)30-21-25(24(5)44-30)22-39-19-20-43-29-15-12-13-16-31(29)45(39)42/h8-9,11-18,21,32H,2,10,19-20,22,36-37H2,1,3-7H3,(H,38,41)/b11-8-,26-14+. The molecule has 3 aromatic rings. The average molecular weight is 648 g/mol. The minimum atomic E-state index is -1.37. The first-order valence-corrected chi connectivity index (χ1v) is 17.0. The van der Waals surface area contributed by atoms with E-state index < -0.39 is 16.8 Å². The number of para-hydroxylation sites is 1. The van der Waals surface area contributed by atoms with Crippen LogP contribution in [0.25, 0.3) is 0 Å². The van der Waals surface area contributed by atoms with Gasteiger partial charge in [-0.05, 0) is 80.8 Å². The van der Waals surface area contributed by atoms with Crippen molar-refractivity contribution < 1.29 is 14.1 Å². The molecule has 8 nitrogen and oxygen atoms in total. The van der Waals surface area contributed by atoms with Crippen LogP contribution in [0.15, 0.2) is 83.9 Å². The number of hydrogen-bond donors (Lipinski definition) is 3. The number of aryl methyl sites for hydroxylation is 1. The largest absolute Gasteiger partial charge is 0.593 e. The highest BCUT2D eigenvalue weighted by Gasteiger charge is 2.41. The van der Waals surface area contributed by atoms with Crippen LogP contribution in [0.4, 0.5) is 11.4 Å². The summed E-state index contributed by atoms with van der Waals surface area (Å²) in [4.78, 5) is 16.9. The quantitative estimate of drug-likeness (QED) is 0.0716. The lowest BCUT2D eigenvalue weighted by Crippen LogP contribution is -2.41. The van der Waals surface area contributed by atoms with E-state index in [2.05, 4.69) is 24.9 Å². The van der Waals surface area contributed by atoms with Crippen molar-refractivity contribution in [2.45, 2.75) is 58.9 Å². The van der Waals surface area contributed by atoms with Crippen molar-refractivity contribution >= 4 is 40.0 Å². The second-order valence-electron chi connectivity index (χ2n) is 11.6. The number of ether oxygens (including phenoxy) is 1. The van der Waals surface area contributed by atoms with E-state index >= 15 is 0 Å². The molecule has 1 aliphatic rings. The Kier molecular flexibility index (Phi) is 11.2. The molecule has 0 spiro atoms. The Hall–Kier alpha value is -3.54. The number of rotatable bonds is 11. The molecule has 2 unspecified atom stereocenters. The molecule has 1 aliphatic heterocycles. The smallest absolute Gasteiger partial charge is 0.231 e. The number of hydrogen-bond acceptors (Lipinski definition) is 8. The summed E-state index contributed by atoms with van der Waals surface area (Å²) in [5, 5.41) is 4.70. The Morgan fingerprint density at radius 3 is 2.71 bits per heavy atom. The average Bonchev–Trinajstić information content (AvgIpc) is 3.30. The molecule has 2 aromatic carbocycles. The van der Waals surface area contributed by atoms with E-state index in [4.69, 9.17) is 16.3 Å². The highest BCUT2D eigenvalue weighted by molar-refractivity contribution is 7.89. The summed E-state index contributed by atoms with van der Waals surface area (Å²) in [6, 6.07) is 13.6. The number of benzene rings is 2. The normalized spacial score (nSPS) is 16.5. The molecule has 1 aromatic heterocycles. The third-order valence-electron chi connectivity index (χ3n) is 8.29. The Bertz CT molecular complexity index is 1600. The first-order valence-electron chi connectivity index (χ1n) is 15.1. The van der Waals surface area contributed by atoms with Crippen molar-refractivity contribution in [3.63, 3.8) is 0 Å². The molecule has 1 amide bonds. The molecule has 0 fully saturated rings. The van der Waals surface area contributed by atoms with Gasteiger partial charge in [-0.25, -0.2) is 5.84 Å². The maximum Gasteiger partial charge on any atom is 0.231 e. The minimum absolute atomic E-state index is 0.144. The number of nitrogens with zero attached hydrogens (tertiary/aromatic N) is 2. The number of allylic oxidation sites excluding steroid dienone is 4. The van der Waals surface area contributed by atoms with Gasteiger partial charge in [0.05, 0.1) is 41.2 Å². The predicted molar refractivity (Wildman–Crippen MR) is 187 cm³/mol. The zero-order valence-corrected chi connectivity index (χ0v) is 28.7. The number of nitrogens with two attached hydrogens (primary N) is 2. The third kappa shape index (κ3) is 7.31. The molecule has 0 radical (unpaired) electrons. The summed E-state index contributed by atoms with van der Waals surface area (Å²) in [7, 11) is 0. The van der Waals surface area contributed by atoms with Gasteiger partial charge in [0.2, 0.25) is 10.8 Å². The van der Waals surface area contributed by atoms with E-state index in [1.165, 1.54) is 0 Å². The molecule has 0 saturated carbocycles. The maximum atomic E-state index is 14.1. The number of nitrogens with one attached hydrogen (secondary N) is 1. The number of thiophene rings is 1. The Balaban J connectivity index is 1.78. The summed E-state index contributed by atoms with van der Waals surface area (Å²) in [5.41, 5.74) is 10.6. The van der Waals surface area contributed by atoms with E-state index in [1.54, 1.807) is 22.4 Å². The number of carbonyl (C=O) groups is 1. The van der Waals surface area contributed by atoms with Crippen molar-refractivity contribution in [3.8, 4) is 5.75 Å². The summed E-state index contributed by atoms with van der Waals surface area (Å²) in [5.74, 6) is 6.41. The van der Waals surface area contributed by atoms with Crippen molar-refractivity contribution in [2.75, 3.05) is 30.4 Å². The van der Waals surface area contributed by atoms with Gasteiger partial charge in [0.1, 0.15) is 6.61 Å². The fraction of sp³-hybridized carbons (Fsp3) is 0.343. The van der Waals surface area contributed by atoms with E-state index in [1.807, 2.05) is 93.6 Å². The molecular formula is C35H45N5O3S2. The van der Waals surface area contributed by atoms with Crippen LogP contribution in [0.2, 0.25) is 0 Å². The van der Waals surface area contributed by atoms with Crippen LogP contribution < -0.4 is 26.6 Å². The fourth-order valence-electron chi connectivity index (χ4n) is 5.51. The summed E-state index contributed by atoms with van der Waals surface area (Å²) < 4.78 is 21.5. The topological polar surface area (TPSA) is 120 Å². The highest BCUT2D eigenvalue weighted by atomic mass is 32.2. The number of carbonyl (C=O) groups excluding carboxylic acids is 1. The highest BCUT2D eigenvalue weighted by Crippen LogP contribution is 2.48. The summed E-state index contributed by atoms with van der Waals surface area (Å²) >= 11 is 0.280. The second-order valence-corrected chi connectivity index (χ2v) is 14.3. The Labute approximate surface area is 274 Å². The van der Waals surface area contributed by atoms with Gasteiger partial charge in [-0.2, -0.15) is 0 Å². The van der Waals surface area contributed by atoms with Crippen LogP contribution in [0.5, 0.6) is 5.75 Å². The first kappa shape index (κ1) is 34.3. The monoisotopic (exact) mass is 647 g/mol. The van der Waals surface area contributed by atoms with Crippen LogP contribution in [-0.4, -0.2) is 34.5 Å². The van der Waals surface area contributed by atoms with Gasteiger partial charge in [0.15, 0.2) is 5.75 Å². The molecule has 240 valence electrons. The van der Waals surface area contributed by atoms with Crippen molar-refractivity contribution in [1.82, 2.24) is 9.62 Å². The Morgan fingerprint density at radius 1 is 1.29 bits per heavy atom. The van der Waals surface area contributed by atoms with E-state index in [0.717, 1.165) is 32.1 Å². The number of amides is 1. The van der Waals surface area contributed by atoms with Gasteiger partial charge in [0, 0.05) is 27.9 Å². The summed E-state index contributed by atoms with van der Waals surface area (Å²) in [6.07, 6.45) is 7.22. The number of nitrogen functional groups attached to an aromatic ring is 1. The zero-order chi connectivity index (χ0) is 32.9. The van der Waals surface area contributed by atoms with Gasteiger partial charge in [-0.1, -0.05) is 50.8 Å². The van der Waals surface area contributed by atoms with Crippen molar-refractivity contribution in [1.29, 1.82) is 0 Å². The predicted octanol–water partition coefficient (Wildman–Crippen LogP) is 6.48. The van der Waals surface area contributed by atoms with Gasteiger partial charge < -0.3 is 25.3 Å². The fourth-order valence-corrected chi connectivity index (χ4v) is 8.13. The van der Waals surface area contributed by atoms with Crippen LogP contribution in [0, 0.1) is 19.3 Å². The van der Waals surface area contributed by atoms with Gasteiger partial charge in [-0.3, -0.25) is 4.79 Å². The second kappa shape index (κ2) is 14.7. The van der Waals surface area contributed by atoms with Gasteiger partial charge in [0.25, 0.3) is 0 Å². The maximum absolute atomic E-state index is 14.1. The molecular weight excluding hydrogens is 603 g/mol. The van der Waals surface area contributed by atoms with E-state index in [0.29, 0.717) is 48.3 Å². The number of anilines is 2. The third-order valence-corrected chi connectivity index (χ3v) is 10.9. The van der Waals surface area contributed by atoms with Gasteiger partial charge in [-0.15, -0.1) is 15.6 Å². The molecule has 10 heteroatoms. The van der Waals surface area contributed by atoms with Crippen LogP contribution >= 0.6 is 11.3 Å². The first-order chi connectivity index (χ1) is 21.4. The number of hydrazine groups is 1. The number of fused-ring (bicyclic) bond motifs is 1. The van der Waals surface area contributed by atoms with Crippen molar-refractivity contribution in [3.05, 3.63) is 105 Å². The van der Waals surface area contributed by atoms with E-state index in [-0.39, 0.29) is 11.8 Å². The lowest BCUT2D eigenvalue weighted by Gasteiger charge is -2.35. The lowest BCUT2D eigenvalue weighted by molar-refractivity contribution is -0.129. The molecule has 0 saturated heterocycles. The lowest BCUT2D eigenvalue weighted by atomic mass is 9.71. The SMILES string of the molecule is C=C/C(=C\C=C/C)NC(=O)C(C)(C)C(c1cc(CN2CCOc3ccccc3[S+]2[O-])c(C)s1)c1ccc(N(N)CC)c(N)c1C. The van der Waals surface area contributed by atoms with Crippen LogP contribution in [0.1, 0.15) is 60.1 Å². The van der Waals surface area contributed by atoms with Gasteiger partial charge >= 0.3 is 0 Å². The molecule has 5 N–H and O–H groups in total. The molecule has 0 aliphatic carbocycles. The minimum Gasteiger partial charge on any atom is -0.593 e. The van der Waals surface area contributed by atoms with Crippen LogP contribution in [0.3, 0.4) is 0 Å².